The van der Waals surface area contributed by atoms with Crippen molar-refractivity contribution >= 4 is 21.8 Å². The number of nitrogens with zero attached hydrogens (tertiary/aromatic N) is 1. The van der Waals surface area contributed by atoms with Gasteiger partial charge in [0.05, 0.1) is 13.2 Å². The molecule has 0 bridgehead atoms. The quantitative estimate of drug-likeness (QED) is 0.861. The molecule has 0 aliphatic carbocycles. The van der Waals surface area contributed by atoms with Crippen LogP contribution in [0.25, 0.3) is 0 Å². The predicted octanol–water partition coefficient (Wildman–Crippen LogP) is 1.20. The highest BCUT2D eigenvalue weighted by atomic mass is 32.2. The first-order valence-corrected chi connectivity index (χ1v) is 8.90. The lowest BCUT2D eigenvalue weighted by atomic mass is 10.1. The Morgan fingerprint density at radius 3 is 2.22 bits per heavy atom. The Bertz CT molecular complexity index is 644. The van der Waals surface area contributed by atoms with Crippen LogP contribution in [-0.2, 0) is 14.9 Å². The largest absolute Gasteiger partial charge is 0.379 e. The molecule has 2 N–H and O–H groups in total. The maximum atomic E-state index is 12.2. The van der Waals surface area contributed by atoms with E-state index in [0.717, 1.165) is 0 Å². The van der Waals surface area contributed by atoms with Gasteiger partial charge in [-0.25, -0.2) is 0 Å². The number of morpholine rings is 1. The van der Waals surface area contributed by atoms with Crippen molar-refractivity contribution in [2.75, 3.05) is 31.0 Å². The molecular formula is C15H23N3O4S. The molecule has 1 saturated heterocycles. The molecule has 0 saturated carbocycles. The van der Waals surface area contributed by atoms with Crippen molar-refractivity contribution in [3.8, 4) is 0 Å². The zero-order valence-corrected chi connectivity index (χ0v) is 14.4. The second-order valence-corrected chi connectivity index (χ2v) is 8.07. The van der Waals surface area contributed by atoms with Crippen molar-refractivity contribution in [2.24, 2.45) is 0 Å². The first-order chi connectivity index (χ1) is 10.7. The highest BCUT2D eigenvalue weighted by Crippen LogP contribution is 2.15. The summed E-state index contributed by atoms with van der Waals surface area (Å²) in [6.45, 7) is 7.16. The van der Waals surface area contributed by atoms with E-state index in [9.17, 15) is 13.2 Å². The van der Waals surface area contributed by atoms with Crippen LogP contribution < -0.4 is 10.0 Å². The average molecular weight is 341 g/mol. The molecule has 0 aromatic heterocycles. The van der Waals surface area contributed by atoms with Gasteiger partial charge in [0, 0.05) is 29.9 Å². The van der Waals surface area contributed by atoms with E-state index in [1.165, 1.54) is 4.31 Å². The Kier molecular flexibility index (Phi) is 5.28. The first-order valence-electron chi connectivity index (χ1n) is 7.46. The SMILES string of the molecule is CC(C)(C)NC(=O)c1ccc(NS(=O)(=O)N2CCOCC2)cc1. The number of hydrogen-bond acceptors (Lipinski definition) is 4. The van der Waals surface area contributed by atoms with Gasteiger partial charge in [-0.15, -0.1) is 0 Å². The van der Waals surface area contributed by atoms with E-state index in [2.05, 4.69) is 10.0 Å². The fraction of sp³-hybridized carbons (Fsp3) is 0.533. The van der Waals surface area contributed by atoms with Crippen LogP contribution in [0.3, 0.4) is 0 Å². The Morgan fingerprint density at radius 2 is 1.70 bits per heavy atom. The molecule has 1 aromatic carbocycles. The minimum absolute atomic E-state index is 0.194. The van der Waals surface area contributed by atoms with E-state index in [0.29, 0.717) is 37.6 Å². The molecule has 1 aliphatic heterocycles. The van der Waals surface area contributed by atoms with E-state index >= 15 is 0 Å². The van der Waals surface area contributed by atoms with Crippen LogP contribution in [0.4, 0.5) is 5.69 Å². The van der Waals surface area contributed by atoms with Crippen molar-refractivity contribution in [3.05, 3.63) is 29.8 Å². The third kappa shape index (κ3) is 5.19. The molecule has 0 spiro atoms. The van der Waals surface area contributed by atoms with E-state index < -0.39 is 10.2 Å². The number of anilines is 1. The number of benzene rings is 1. The van der Waals surface area contributed by atoms with Crippen molar-refractivity contribution in [3.63, 3.8) is 0 Å². The summed E-state index contributed by atoms with van der Waals surface area (Å²) in [6.07, 6.45) is 0. The molecule has 1 amide bonds. The Hall–Kier alpha value is -1.64. The fourth-order valence-corrected chi connectivity index (χ4v) is 3.30. The number of amides is 1. The lowest BCUT2D eigenvalue weighted by Gasteiger charge is -2.26. The molecule has 1 aromatic rings. The normalized spacial score (nSPS) is 16.8. The second-order valence-electron chi connectivity index (χ2n) is 6.40. The van der Waals surface area contributed by atoms with E-state index in [4.69, 9.17) is 4.74 Å². The van der Waals surface area contributed by atoms with Crippen LogP contribution in [0.15, 0.2) is 24.3 Å². The van der Waals surface area contributed by atoms with E-state index in [1.54, 1.807) is 24.3 Å². The number of carbonyl (C=O) groups excluding carboxylic acids is 1. The van der Waals surface area contributed by atoms with Crippen molar-refractivity contribution < 1.29 is 17.9 Å². The van der Waals surface area contributed by atoms with Gasteiger partial charge in [0.15, 0.2) is 0 Å². The fourth-order valence-electron chi connectivity index (χ4n) is 2.10. The summed E-state index contributed by atoms with van der Waals surface area (Å²) in [5.74, 6) is -0.194. The standard InChI is InChI=1S/C15H23N3O4S/c1-15(2,3)16-14(19)12-4-6-13(7-5-12)17-23(20,21)18-8-10-22-11-9-18/h4-7,17H,8-11H2,1-3H3,(H,16,19). The summed E-state index contributed by atoms with van der Waals surface area (Å²) in [4.78, 5) is 12.0. The van der Waals surface area contributed by atoms with Crippen LogP contribution in [0.5, 0.6) is 0 Å². The summed E-state index contributed by atoms with van der Waals surface area (Å²) in [5, 5.41) is 2.86. The topological polar surface area (TPSA) is 87.7 Å². The maximum absolute atomic E-state index is 12.2. The number of ether oxygens (including phenoxy) is 1. The molecule has 0 atom stereocenters. The summed E-state index contributed by atoms with van der Waals surface area (Å²) >= 11 is 0. The summed E-state index contributed by atoms with van der Waals surface area (Å²) in [5.41, 5.74) is 0.575. The van der Waals surface area contributed by atoms with Crippen LogP contribution in [0.1, 0.15) is 31.1 Å². The molecule has 128 valence electrons. The van der Waals surface area contributed by atoms with Gasteiger partial charge in [-0.05, 0) is 45.0 Å². The molecule has 7 nitrogen and oxygen atoms in total. The molecule has 1 heterocycles. The van der Waals surface area contributed by atoms with Gasteiger partial charge in [0.2, 0.25) is 0 Å². The monoisotopic (exact) mass is 341 g/mol. The number of hydrogen-bond donors (Lipinski definition) is 2. The number of carbonyl (C=O) groups is 1. The highest BCUT2D eigenvalue weighted by Gasteiger charge is 2.24. The lowest BCUT2D eigenvalue weighted by molar-refractivity contribution is 0.0733. The van der Waals surface area contributed by atoms with Crippen molar-refractivity contribution in [1.29, 1.82) is 0 Å². The van der Waals surface area contributed by atoms with Gasteiger partial charge in [-0.2, -0.15) is 12.7 Å². The molecule has 2 rings (SSSR count). The van der Waals surface area contributed by atoms with Gasteiger partial charge in [-0.3, -0.25) is 9.52 Å². The summed E-state index contributed by atoms with van der Waals surface area (Å²) < 4.78 is 33.5. The molecule has 1 aliphatic rings. The summed E-state index contributed by atoms with van der Waals surface area (Å²) in [7, 11) is -3.60. The predicted molar refractivity (Wildman–Crippen MR) is 88.6 cm³/mol. The Labute approximate surface area is 137 Å². The minimum atomic E-state index is -3.60. The van der Waals surface area contributed by atoms with Gasteiger partial charge < -0.3 is 10.1 Å². The van der Waals surface area contributed by atoms with Crippen molar-refractivity contribution in [2.45, 2.75) is 26.3 Å². The Morgan fingerprint density at radius 1 is 1.13 bits per heavy atom. The molecular weight excluding hydrogens is 318 g/mol. The zero-order chi connectivity index (χ0) is 17.1. The molecule has 23 heavy (non-hydrogen) atoms. The number of nitrogens with one attached hydrogen (secondary N) is 2. The maximum Gasteiger partial charge on any atom is 0.301 e. The lowest BCUT2D eigenvalue weighted by Crippen LogP contribution is -2.43. The number of rotatable bonds is 4. The van der Waals surface area contributed by atoms with Crippen LogP contribution in [0, 0.1) is 0 Å². The Balaban J connectivity index is 2.03. The third-order valence-corrected chi connectivity index (χ3v) is 4.73. The minimum Gasteiger partial charge on any atom is -0.379 e. The smallest absolute Gasteiger partial charge is 0.301 e. The van der Waals surface area contributed by atoms with Crippen LogP contribution >= 0.6 is 0 Å². The van der Waals surface area contributed by atoms with Gasteiger partial charge in [-0.1, -0.05) is 0 Å². The van der Waals surface area contributed by atoms with Crippen LogP contribution in [0.2, 0.25) is 0 Å². The van der Waals surface area contributed by atoms with Gasteiger partial charge in [0.25, 0.3) is 5.91 Å². The summed E-state index contributed by atoms with van der Waals surface area (Å²) in [6, 6.07) is 6.35. The highest BCUT2D eigenvalue weighted by molar-refractivity contribution is 7.90. The third-order valence-electron chi connectivity index (χ3n) is 3.19. The van der Waals surface area contributed by atoms with Gasteiger partial charge in [0.1, 0.15) is 0 Å². The molecule has 8 heteroatoms. The average Bonchev–Trinajstić information content (AvgIpc) is 2.47. The van der Waals surface area contributed by atoms with Crippen LogP contribution in [-0.4, -0.2) is 50.5 Å². The molecule has 1 fully saturated rings. The van der Waals surface area contributed by atoms with Crippen molar-refractivity contribution in [1.82, 2.24) is 9.62 Å². The van der Waals surface area contributed by atoms with Gasteiger partial charge >= 0.3 is 10.2 Å². The second kappa shape index (κ2) is 6.86. The van der Waals surface area contributed by atoms with E-state index in [-0.39, 0.29) is 11.4 Å². The van der Waals surface area contributed by atoms with E-state index in [1.807, 2.05) is 20.8 Å². The molecule has 0 radical (unpaired) electrons. The molecule has 0 unspecified atom stereocenters. The zero-order valence-electron chi connectivity index (χ0n) is 13.6. The first kappa shape index (κ1) is 17.7.